The molecule has 2 aliphatic rings. The van der Waals surface area contributed by atoms with E-state index >= 15 is 0 Å². The fourth-order valence-electron chi connectivity index (χ4n) is 5.27. The number of fused-ring (bicyclic) bond motifs is 3. The Morgan fingerprint density at radius 2 is 1.68 bits per heavy atom. The second-order valence-corrected chi connectivity index (χ2v) is 9.69. The van der Waals surface area contributed by atoms with Gasteiger partial charge in [-0.15, -0.1) is 0 Å². The molecule has 0 aromatic heterocycles. The summed E-state index contributed by atoms with van der Waals surface area (Å²) < 4.78 is 5.52. The molecule has 4 rings (SSSR count). The lowest BCUT2D eigenvalue weighted by atomic mass is 9.97. The maximum atomic E-state index is 13.0. The van der Waals surface area contributed by atoms with Gasteiger partial charge in [-0.3, -0.25) is 9.59 Å². The predicted molar refractivity (Wildman–Crippen MR) is 128 cm³/mol. The molecule has 2 aromatic rings. The van der Waals surface area contributed by atoms with Crippen molar-refractivity contribution in [2.45, 2.75) is 45.1 Å². The maximum absolute atomic E-state index is 13.0. The molecule has 180 valence electrons. The zero-order chi connectivity index (χ0) is 24.2. The van der Waals surface area contributed by atoms with Crippen LogP contribution in [-0.2, 0) is 14.3 Å². The molecular weight excluding hydrogens is 432 g/mol. The molecule has 1 heterocycles. The van der Waals surface area contributed by atoms with Gasteiger partial charge in [-0.05, 0) is 46.9 Å². The molecule has 2 N–H and O–H groups in total. The van der Waals surface area contributed by atoms with E-state index in [1.54, 1.807) is 4.90 Å². The SMILES string of the molecule is CC(C)CC1CCN(C(=O)C(CC(=O)O)NC(=O)OCC2c3ccccc3-c3ccccc32)C1. The Morgan fingerprint density at radius 3 is 2.26 bits per heavy atom. The van der Waals surface area contributed by atoms with Gasteiger partial charge >= 0.3 is 12.1 Å². The van der Waals surface area contributed by atoms with Crippen LogP contribution in [-0.4, -0.2) is 53.7 Å². The number of hydrogen-bond donors (Lipinski definition) is 2. The standard InChI is InChI=1S/C27H32N2O5/c1-17(2)13-18-11-12-29(15-18)26(32)24(14-25(30)31)28-27(33)34-16-23-21-9-5-3-7-19(21)20-8-4-6-10-22(20)23/h3-10,17-18,23-24H,11-16H2,1-2H3,(H,28,33)(H,30,31). The lowest BCUT2D eigenvalue weighted by molar-refractivity contribution is -0.142. The Balaban J connectivity index is 1.39. The number of aliphatic carboxylic acids is 1. The van der Waals surface area contributed by atoms with Crippen LogP contribution in [0, 0.1) is 11.8 Å². The van der Waals surface area contributed by atoms with E-state index in [-0.39, 0.29) is 18.4 Å². The Hall–Kier alpha value is -3.35. The van der Waals surface area contributed by atoms with Crippen LogP contribution >= 0.6 is 0 Å². The second kappa shape index (κ2) is 10.3. The number of rotatable bonds is 8. The molecule has 7 heteroatoms. The van der Waals surface area contributed by atoms with Crippen LogP contribution < -0.4 is 5.32 Å². The summed E-state index contributed by atoms with van der Waals surface area (Å²) in [6, 6.07) is 14.9. The highest BCUT2D eigenvalue weighted by Gasteiger charge is 2.34. The maximum Gasteiger partial charge on any atom is 0.407 e. The molecule has 7 nitrogen and oxygen atoms in total. The number of nitrogens with zero attached hydrogens (tertiary/aromatic N) is 1. The molecular formula is C27H32N2O5. The number of ether oxygens (including phenoxy) is 1. The van der Waals surface area contributed by atoms with E-state index < -0.39 is 24.5 Å². The molecule has 2 unspecified atom stereocenters. The summed E-state index contributed by atoms with van der Waals surface area (Å²) in [5.41, 5.74) is 4.41. The van der Waals surface area contributed by atoms with E-state index in [1.165, 1.54) is 0 Å². The third-order valence-electron chi connectivity index (χ3n) is 6.71. The summed E-state index contributed by atoms with van der Waals surface area (Å²) in [5, 5.41) is 11.8. The summed E-state index contributed by atoms with van der Waals surface area (Å²) in [5.74, 6) is -0.669. The second-order valence-electron chi connectivity index (χ2n) is 9.69. The van der Waals surface area contributed by atoms with Gasteiger partial charge < -0.3 is 20.1 Å². The van der Waals surface area contributed by atoms with E-state index in [0.29, 0.717) is 24.9 Å². The molecule has 0 spiro atoms. The number of carbonyl (C=O) groups is 3. The Kier molecular flexibility index (Phi) is 7.20. The summed E-state index contributed by atoms with van der Waals surface area (Å²) in [4.78, 5) is 38.7. The zero-order valence-electron chi connectivity index (χ0n) is 19.7. The molecule has 2 amide bonds. The summed E-state index contributed by atoms with van der Waals surface area (Å²) in [6.45, 7) is 5.58. The van der Waals surface area contributed by atoms with Crippen molar-refractivity contribution in [3.8, 4) is 11.1 Å². The van der Waals surface area contributed by atoms with Crippen LogP contribution in [0.15, 0.2) is 48.5 Å². The Morgan fingerprint density at radius 1 is 1.06 bits per heavy atom. The van der Waals surface area contributed by atoms with Gasteiger partial charge in [0.15, 0.2) is 0 Å². The van der Waals surface area contributed by atoms with Gasteiger partial charge in [-0.25, -0.2) is 4.79 Å². The van der Waals surface area contributed by atoms with Crippen LogP contribution in [0.2, 0.25) is 0 Å². The number of carboxylic acids is 1. The van der Waals surface area contributed by atoms with E-state index in [9.17, 15) is 19.5 Å². The molecule has 0 saturated carbocycles. The number of hydrogen-bond acceptors (Lipinski definition) is 4. The molecule has 34 heavy (non-hydrogen) atoms. The molecule has 0 radical (unpaired) electrons. The number of amides is 2. The van der Waals surface area contributed by atoms with Gasteiger partial charge in [0.05, 0.1) is 6.42 Å². The van der Waals surface area contributed by atoms with E-state index in [1.807, 2.05) is 36.4 Å². The lowest BCUT2D eigenvalue weighted by Crippen LogP contribution is -2.49. The van der Waals surface area contributed by atoms with Gasteiger partial charge in [-0.1, -0.05) is 62.4 Å². The van der Waals surface area contributed by atoms with Crippen LogP contribution in [0.1, 0.15) is 50.2 Å². The highest BCUT2D eigenvalue weighted by Crippen LogP contribution is 2.44. The number of nitrogens with one attached hydrogen (secondary N) is 1. The number of carboxylic acid groups (broad SMARTS) is 1. The van der Waals surface area contributed by atoms with Crippen molar-refractivity contribution >= 4 is 18.0 Å². The van der Waals surface area contributed by atoms with E-state index in [4.69, 9.17) is 4.74 Å². The first-order valence-corrected chi connectivity index (χ1v) is 12.0. The Bertz CT molecular complexity index is 1020. The number of carbonyl (C=O) groups excluding carboxylic acids is 2. The number of likely N-dealkylation sites (tertiary alicyclic amines) is 1. The third kappa shape index (κ3) is 5.24. The fraction of sp³-hybridized carbons (Fsp3) is 0.444. The smallest absolute Gasteiger partial charge is 0.407 e. The molecule has 1 fully saturated rings. The minimum atomic E-state index is -1.15. The topological polar surface area (TPSA) is 95.9 Å². The van der Waals surface area contributed by atoms with Crippen molar-refractivity contribution in [1.82, 2.24) is 10.2 Å². The summed E-state index contributed by atoms with van der Waals surface area (Å²) in [7, 11) is 0. The monoisotopic (exact) mass is 464 g/mol. The highest BCUT2D eigenvalue weighted by molar-refractivity contribution is 5.89. The first-order chi connectivity index (χ1) is 16.3. The largest absolute Gasteiger partial charge is 0.481 e. The predicted octanol–water partition coefficient (Wildman–Crippen LogP) is 4.26. The first-order valence-electron chi connectivity index (χ1n) is 12.0. The molecule has 2 aromatic carbocycles. The summed E-state index contributed by atoms with van der Waals surface area (Å²) >= 11 is 0. The van der Waals surface area contributed by atoms with Crippen molar-refractivity contribution < 1.29 is 24.2 Å². The van der Waals surface area contributed by atoms with Gasteiger partial charge in [0.2, 0.25) is 5.91 Å². The van der Waals surface area contributed by atoms with Gasteiger partial charge in [0, 0.05) is 19.0 Å². The Labute approximate surface area is 200 Å². The van der Waals surface area contributed by atoms with Crippen molar-refractivity contribution in [3.63, 3.8) is 0 Å². The zero-order valence-corrected chi connectivity index (χ0v) is 19.7. The lowest BCUT2D eigenvalue weighted by Gasteiger charge is -2.24. The molecule has 2 atom stereocenters. The minimum Gasteiger partial charge on any atom is -0.481 e. The van der Waals surface area contributed by atoms with Crippen LogP contribution in [0.25, 0.3) is 11.1 Å². The van der Waals surface area contributed by atoms with E-state index in [0.717, 1.165) is 35.1 Å². The third-order valence-corrected chi connectivity index (χ3v) is 6.71. The average molecular weight is 465 g/mol. The minimum absolute atomic E-state index is 0.105. The van der Waals surface area contributed by atoms with Crippen LogP contribution in [0.5, 0.6) is 0 Å². The number of alkyl carbamates (subject to hydrolysis) is 1. The van der Waals surface area contributed by atoms with Crippen LogP contribution in [0.4, 0.5) is 4.79 Å². The molecule has 1 aliphatic carbocycles. The van der Waals surface area contributed by atoms with Crippen molar-refractivity contribution in [1.29, 1.82) is 0 Å². The summed E-state index contributed by atoms with van der Waals surface area (Å²) in [6.07, 6.45) is 0.662. The average Bonchev–Trinajstić information content (AvgIpc) is 3.38. The van der Waals surface area contributed by atoms with Gasteiger partial charge in [0.1, 0.15) is 12.6 Å². The van der Waals surface area contributed by atoms with Gasteiger partial charge in [0.25, 0.3) is 0 Å². The molecule has 0 bridgehead atoms. The van der Waals surface area contributed by atoms with Crippen LogP contribution in [0.3, 0.4) is 0 Å². The highest BCUT2D eigenvalue weighted by atomic mass is 16.5. The van der Waals surface area contributed by atoms with Crippen molar-refractivity contribution in [3.05, 3.63) is 59.7 Å². The number of benzene rings is 2. The fourth-order valence-corrected chi connectivity index (χ4v) is 5.27. The van der Waals surface area contributed by atoms with Gasteiger partial charge in [-0.2, -0.15) is 0 Å². The molecule has 1 saturated heterocycles. The van der Waals surface area contributed by atoms with E-state index in [2.05, 4.69) is 31.3 Å². The quantitative estimate of drug-likeness (QED) is 0.609. The normalized spacial score (nSPS) is 17.9. The van der Waals surface area contributed by atoms with Crippen molar-refractivity contribution in [2.75, 3.05) is 19.7 Å². The first kappa shape index (κ1) is 23.8. The molecule has 1 aliphatic heterocycles. The van der Waals surface area contributed by atoms with Crippen molar-refractivity contribution in [2.24, 2.45) is 11.8 Å².